The molecule has 2 aromatic rings. The van der Waals surface area contributed by atoms with Crippen molar-refractivity contribution in [2.24, 2.45) is 0 Å². The molecule has 2 aromatic heterocycles. The smallest absolute Gasteiger partial charge is 0.407 e. The number of alkyl carbamates (subject to hydrolysis) is 1. The first-order chi connectivity index (χ1) is 17.1. The van der Waals surface area contributed by atoms with Gasteiger partial charge in [-0.1, -0.05) is 20.8 Å². The van der Waals surface area contributed by atoms with Crippen LogP contribution < -0.4 is 10.2 Å². The molecule has 1 saturated carbocycles. The normalized spacial score (nSPS) is 22.9. The fourth-order valence-electron chi connectivity index (χ4n) is 4.81. The zero-order chi connectivity index (χ0) is 27.3. The van der Waals surface area contributed by atoms with Crippen molar-refractivity contribution in [1.29, 1.82) is 0 Å². The van der Waals surface area contributed by atoms with Crippen molar-refractivity contribution in [3.8, 4) is 0 Å². The van der Waals surface area contributed by atoms with E-state index in [1.807, 2.05) is 32.4 Å². The number of nitrogens with zero attached hydrogens (tertiary/aromatic N) is 5. The number of anilines is 1. The zero-order valence-electron chi connectivity index (χ0n) is 23.8. The average Bonchev–Trinajstić information content (AvgIpc) is 3.31. The summed E-state index contributed by atoms with van der Waals surface area (Å²) in [4.78, 5) is 23.8. The second-order valence-electron chi connectivity index (χ2n) is 13.1. The molecule has 1 saturated heterocycles. The van der Waals surface area contributed by atoms with Crippen LogP contribution in [0.4, 0.5) is 10.6 Å². The molecule has 1 atom stereocenters. The number of rotatable bonds is 6. The Morgan fingerprint density at radius 2 is 1.84 bits per heavy atom. The molecule has 0 radical (unpaired) electrons. The predicted molar refractivity (Wildman–Crippen MR) is 150 cm³/mol. The summed E-state index contributed by atoms with van der Waals surface area (Å²) in [5.74, 6) is 0.850. The minimum Gasteiger partial charge on any atom is -0.444 e. The summed E-state index contributed by atoms with van der Waals surface area (Å²) in [6.45, 7) is 20.6. The molecule has 1 aliphatic carbocycles. The first kappa shape index (κ1) is 28.1. The summed E-state index contributed by atoms with van der Waals surface area (Å²) in [7, 11) is -1.86. The van der Waals surface area contributed by atoms with Crippen molar-refractivity contribution >= 4 is 42.9 Å². The van der Waals surface area contributed by atoms with Gasteiger partial charge in [-0.2, -0.15) is 15.1 Å². The molecule has 0 bridgehead atoms. The molecule has 37 heavy (non-hydrogen) atoms. The van der Waals surface area contributed by atoms with Gasteiger partial charge in [0.05, 0.1) is 29.8 Å². The number of amides is 1. The largest absolute Gasteiger partial charge is 0.444 e. The van der Waals surface area contributed by atoms with Crippen molar-refractivity contribution in [2.45, 2.75) is 116 Å². The molecule has 3 heterocycles. The Labute approximate surface area is 226 Å². The van der Waals surface area contributed by atoms with Crippen LogP contribution in [0.3, 0.4) is 0 Å². The average molecular weight is 551 g/mol. The molecular formula is C26H43ClN6O3Si. The fourth-order valence-corrected chi connectivity index (χ4v) is 6.01. The number of halogens is 1. The Bertz CT molecular complexity index is 1150. The van der Waals surface area contributed by atoms with Crippen LogP contribution in [0.2, 0.25) is 23.4 Å². The van der Waals surface area contributed by atoms with Gasteiger partial charge < -0.3 is 19.4 Å². The SMILES string of the molecule is Cc1nn([C@H]2C[C@H](NC(=O)OC(C)(C)C)C2)c2nc(Cl)nc(N3CCC[C@H]3CO[Si](C)(C)C(C)(C)C)c12. The van der Waals surface area contributed by atoms with E-state index in [0.717, 1.165) is 54.8 Å². The molecule has 206 valence electrons. The third-order valence-corrected chi connectivity index (χ3v) is 12.6. The number of carbonyl (C=O) groups is 1. The summed E-state index contributed by atoms with van der Waals surface area (Å²) >= 11 is 6.48. The monoisotopic (exact) mass is 550 g/mol. The number of aryl methyl sites for hydroxylation is 1. The van der Waals surface area contributed by atoms with Gasteiger partial charge in [-0.3, -0.25) is 0 Å². The van der Waals surface area contributed by atoms with Crippen LogP contribution in [0.1, 0.15) is 79.0 Å². The van der Waals surface area contributed by atoms with Crippen molar-refractivity contribution in [3.63, 3.8) is 0 Å². The van der Waals surface area contributed by atoms with E-state index >= 15 is 0 Å². The Morgan fingerprint density at radius 3 is 2.46 bits per heavy atom. The summed E-state index contributed by atoms with van der Waals surface area (Å²) in [6.07, 6.45) is 3.29. The highest BCUT2D eigenvalue weighted by atomic mass is 35.5. The molecule has 1 amide bonds. The van der Waals surface area contributed by atoms with E-state index in [2.05, 4.69) is 49.1 Å². The van der Waals surface area contributed by atoms with Crippen LogP contribution in [0.15, 0.2) is 0 Å². The molecular weight excluding hydrogens is 508 g/mol. The molecule has 0 aromatic carbocycles. The van der Waals surface area contributed by atoms with E-state index in [1.54, 1.807) is 0 Å². The van der Waals surface area contributed by atoms with Gasteiger partial charge >= 0.3 is 6.09 Å². The topological polar surface area (TPSA) is 94.4 Å². The van der Waals surface area contributed by atoms with E-state index in [4.69, 9.17) is 30.8 Å². The molecule has 0 spiro atoms. The van der Waals surface area contributed by atoms with Crippen LogP contribution in [-0.2, 0) is 9.16 Å². The van der Waals surface area contributed by atoms with Gasteiger partial charge in [-0.05, 0) is 83.1 Å². The predicted octanol–water partition coefficient (Wildman–Crippen LogP) is 6.01. The number of aromatic nitrogens is 4. The van der Waals surface area contributed by atoms with Crippen LogP contribution in [0.5, 0.6) is 0 Å². The highest BCUT2D eigenvalue weighted by Gasteiger charge is 2.40. The number of hydrogen-bond donors (Lipinski definition) is 1. The van der Waals surface area contributed by atoms with Crippen LogP contribution in [0.25, 0.3) is 11.0 Å². The van der Waals surface area contributed by atoms with Crippen molar-refractivity contribution in [2.75, 3.05) is 18.1 Å². The molecule has 9 nitrogen and oxygen atoms in total. The van der Waals surface area contributed by atoms with Gasteiger partial charge in [-0.15, -0.1) is 0 Å². The number of fused-ring (bicyclic) bond motifs is 1. The van der Waals surface area contributed by atoms with Gasteiger partial charge in [0, 0.05) is 12.6 Å². The standard InChI is InChI=1S/C26H43ClN6O3Si/c1-16-20-21(32-12-10-11-18(32)15-35-37(8,9)26(5,6)7)29-23(27)30-22(20)33(31-16)19-13-17(14-19)28-24(34)36-25(2,3)4/h17-19H,10-15H2,1-9H3,(H,28,34)/t17-,18-,19-/m0/s1. The van der Waals surface area contributed by atoms with Crippen LogP contribution >= 0.6 is 11.6 Å². The first-order valence-electron chi connectivity index (χ1n) is 13.4. The van der Waals surface area contributed by atoms with E-state index in [0.29, 0.717) is 6.61 Å². The van der Waals surface area contributed by atoms with Gasteiger partial charge in [0.2, 0.25) is 5.28 Å². The second-order valence-corrected chi connectivity index (χ2v) is 18.2. The Kier molecular flexibility index (Phi) is 7.60. The van der Waals surface area contributed by atoms with E-state index < -0.39 is 13.9 Å². The number of nitrogens with one attached hydrogen (secondary N) is 1. The third kappa shape index (κ3) is 6.06. The maximum Gasteiger partial charge on any atom is 0.407 e. The Balaban J connectivity index is 1.52. The number of carbonyl (C=O) groups excluding carboxylic acids is 1. The van der Waals surface area contributed by atoms with E-state index in [-0.39, 0.29) is 34.5 Å². The summed E-state index contributed by atoms with van der Waals surface area (Å²) in [5, 5.41) is 9.16. The van der Waals surface area contributed by atoms with Crippen molar-refractivity contribution < 1.29 is 14.0 Å². The molecule has 1 aliphatic heterocycles. The Morgan fingerprint density at radius 1 is 1.16 bits per heavy atom. The lowest BCUT2D eigenvalue weighted by atomic mass is 9.87. The quantitative estimate of drug-likeness (QED) is 0.348. The van der Waals surface area contributed by atoms with E-state index in [1.165, 1.54) is 0 Å². The number of hydrogen-bond acceptors (Lipinski definition) is 7. The Hall–Kier alpha value is -1.91. The lowest BCUT2D eigenvalue weighted by molar-refractivity contribution is 0.0454. The minimum absolute atomic E-state index is 0.0478. The molecule has 11 heteroatoms. The molecule has 2 aliphatic rings. The fraction of sp³-hybridized carbons (Fsp3) is 0.769. The van der Waals surface area contributed by atoms with Crippen molar-refractivity contribution in [1.82, 2.24) is 25.1 Å². The summed E-state index contributed by atoms with van der Waals surface area (Å²) in [6, 6.07) is 0.426. The lowest BCUT2D eigenvalue weighted by Gasteiger charge is -2.38. The highest BCUT2D eigenvalue weighted by molar-refractivity contribution is 6.74. The third-order valence-electron chi connectivity index (χ3n) is 7.95. The van der Waals surface area contributed by atoms with Crippen LogP contribution in [-0.4, -0.2) is 65.0 Å². The zero-order valence-corrected chi connectivity index (χ0v) is 25.6. The molecule has 2 fully saturated rings. The first-order valence-corrected chi connectivity index (χ1v) is 16.7. The highest BCUT2D eigenvalue weighted by Crippen LogP contribution is 2.40. The molecule has 1 N–H and O–H groups in total. The van der Waals surface area contributed by atoms with Gasteiger partial charge in [0.15, 0.2) is 14.0 Å². The second kappa shape index (κ2) is 10.0. The number of ether oxygens (including phenoxy) is 1. The molecule has 4 rings (SSSR count). The van der Waals surface area contributed by atoms with E-state index in [9.17, 15) is 4.79 Å². The van der Waals surface area contributed by atoms with Gasteiger partial charge in [-0.25, -0.2) is 9.48 Å². The van der Waals surface area contributed by atoms with Crippen LogP contribution in [0, 0.1) is 6.92 Å². The lowest BCUT2D eigenvalue weighted by Crippen LogP contribution is -2.47. The van der Waals surface area contributed by atoms with Crippen molar-refractivity contribution in [3.05, 3.63) is 11.0 Å². The van der Waals surface area contributed by atoms with Gasteiger partial charge in [0.25, 0.3) is 0 Å². The van der Waals surface area contributed by atoms with Gasteiger partial charge in [0.1, 0.15) is 11.4 Å². The summed E-state index contributed by atoms with van der Waals surface area (Å²) < 4.78 is 14.0. The maximum atomic E-state index is 12.2. The molecule has 0 unspecified atom stereocenters. The maximum absolute atomic E-state index is 12.2. The summed E-state index contributed by atoms with van der Waals surface area (Å²) in [5.41, 5.74) is 1.13. The minimum atomic E-state index is -1.86.